The minimum absolute atomic E-state index is 0.108. The van der Waals surface area contributed by atoms with Crippen molar-refractivity contribution < 1.29 is 4.74 Å². The molecule has 1 aliphatic heterocycles. The number of aryl methyl sites for hydroxylation is 1. The van der Waals surface area contributed by atoms with Crippen molar-refractivity contribution in [3.8, 4) is 0 Å². The molecular formula is C20H34N4O. The second-order valence-corrected chi connectivity index (χ2v) is 6.97. The zero-order valence-corrected chi connectivity index (χ0v) is 16.5. The third-order valence-electron chi connectivity index (χ3n) is 4.83. The van der Waals surface area contributed by atoms with Gasteiger partial charge in [-0.3, -0.25) is 4.99 Å². The molecule has 5 heteroatoms. The van der Waals surface area contributed by atoms with Gasteiger partial charge in [-0.25, -0.2) is 0 Å². The van der Waals surface area contributed by atoms with Crippen molar-refractivity contribution in [3.63, 3.8) is 0 Å². The number of hydrogen-bond acceptors (Lipinski definition) is 3. The number of benzene rings is 1. The second-order valence-electron chi connectivity index (χ2n) is 6.97. The third kappa shape index (κ3) is 5.72. The van der Waals surface area contributed by atoms with Gasteiger partial charge in [0.05, 0.1) is 19.7 Å². The monoisotopic (exact) mass is 346 g/mol. The van der Waals surface area contributed by atoms with E-state index in [1.807, 2.05) is 0 Å². The average Bonchev–Trinajstić information content (AvgIpc) is 2.61. The SMILES string of the molecule is CCNC(=NCCN(C)C(C)C)N1CCOC(c2ccccc2C)C1. The van der Waals surface area contributed by atoms with Gasteiger partial charge in [0.1, 0.15) is 6.10 Å². The van der Waals surface area contributed by atoms with Gasteiger partial charge in [-0.05, 0) is 45.9 Å². The number of nitrogens with zero attached hydrogens (tertiary/aromatic N) is 3. The van der Waals surface area contributed by atoms with E-state index in [-0.39, 0.29) is 6.10 Å². The fraction of sp³-hybridized carbons (Fsp3) is 0.650. The molecule has 0 amide bonds. The van der Waals surface area contributed by atoms with Gasteiger partial charge in [0.25, 0.3) is 0 Å². The third-order valence-corrected chi connectivity index (χ3v) is 4.83. The molecule has 1 aromatic carbocycles. The molecule has 0 bridgehead atoms. The molecule has 1 atom stereocenters. The summed E-state index contributed by atoms with van der Waals surface area (Å²) in [6.07, 6.45) is 0.108. The van der Waals surface area contributed by atoms with E-state index in [9.17, 15) is 0 Å². The summed E-state index contributed by atoms with van der Waals surface area (Å²) >= 11 is 0. The molecule has 1 heterocycles. The lowest BCUT2D eigenvalue weighted by molar-refractivity contribution is -0.00833. The average molecular weight is 347 g/mol. The van der Waals surface area contributed by atoms with E-state index in [4.69, 9.17) is 9.73 Å². The molecule has 1 aliphatic rings. The highest BCUT2D eigenvalue weighted by atomic mass is 16.5. The predicted octanol–water partition coefficient (Wildman–Crippen LogP) is 2.67. The Balaban J connectivity index is 2.03. The van der Waals surface area contributed by atoms with Gasteiger partial charge in [-0.2, -0.15) is 0 Å². The number of nitrogens with one attached hydrogen (secondary N) is 1. The Bertz CT molecular complexity index is 558. The smallest absolute Gasteiger partial charge is 0.194 e. The van der Waals surface area contributed by atoms with E-state index in [0.717, 1.165) is 45.3 Å². The van der Waals surface area contributed by atoms with Gasteiger partial charge < -0.3 is 19.9 Å². The quantitative estimate of drug-likeness (QED) is 0.635. The van der Waals surface area contributed by atoms with Crippen molar-refractivity contribution in [3.05, 3.63) is 35.4 Å². The topological polar surface area (TPSA) is 40.1 Å². The molecule has 1 fully saturated rings. The van der Waals surface area contributed by atoms with Crippen LogP contribution in [0.4, 0.5) is 0 Å². The number of ether oxygens (including phenoxy) is 1. The molecule has 0 aliphatic carbocycles. The largest absolute Gasteiger partial charge is 0.370 e. The molecular weight excluding hydrogens is 312 g/mol. The number of guanidine groups is 1. The first-order valence-electron chi connectivity index (χ1n) is 9.43. The van der Waals surface area contributed by atoms with Gasteiger partial charge in [0.15, 0.2) is 5.96 Å². The lowest BCUT2D eigenvalue weighted by atomic mass is 10.0. The number of rotatable bonds is 6. The first kappa shape index (κ1) is 19.7. The summed E-state index contributed by atoms with van der Waals surface area (Å²) in [6.45, 7) is 13.8. The highest BCUT2D eigenvalue weighted by molar-refractivity contribution is 5.80. The molecule has 2 rings (SSSR count). The van der Waals surface area contributed by atoms with E-state index < -0.39 is 0 Å². The summed E-state index contributed by atoms with van der Waals surface area (Å²) in [5, 5.41) is 3.44. The number of morpholine rings is 1. The van der Waals surface area contributed by atoms with Gasteiger partial charge >= 0.3 is 0 Å². The molecule has 5 nitrogen and oxygen atoms in total. The fourth-order valence-corrected chi connectivity index (χ4v) is 2.98. The van der Waals surface area contributed by atoms with Crippen LogP contribution in [-0.2, 0) is 4.74 Å². The van der Waals surface area contributed by atoms with Crippen molar-refractivity contribution in [2.24, 2.45) is 4.99 Å². The molecule has 0 spiro atoms. The van der Waals surface area contributed by atoms with E-state index in [0.29, 0.717) is 6.04 Å². The van der Waals surface area contributed by atoms with Crippen molar-refractivity contribution >= 4 is 5.96 Å². The maximum absolute atomic E-state index is 6.04. The Labute approximate surface area is 153 Å². The van der Waals surface area contributed by atoms with Crippen LogP contribution in [0.1, 0.15) is 38.0 Å². The molecule has 1 N–H and O–H groups in total. The van der Waals surface area contributed by atoms with Crippen LogP contribution in [0.3, 0.4) is 0 Å². The van der Waals surface area contributed by atoms with E-state index >= 15 is 0 Å². The summed E-state index contributed by atoms with van der Waals surface area (Å²) < 4.78 is 6.04. The van der Waals surface area contributed by atoms with Crippen LogP contribution in [-0.4, -0.2) is 68.2 Å². The van der Waals surface area contributed by atoms with Gasteiger partial charge in [0.2, 0.25) is 0 Å². The maximum Gasteiger partial charge on any atom is 0.194 e. The van der Waals surface area contributed by atoms with Crippen LogP contribution >= 0.6 is 0 Å². The highest BCUT2D eigenvalue weighted by Crippen LogP contribution is 2.24. The van der Waals surface area contributed by atoms with Crippen LogP contribution in [0.2, 0.25) is 0 Å². The Hall–Kier alpha value is -1.59. The van der Waals surface area contributed by atoms with E-state index in [1.54, 1.807) is 0 Å². The summed E-state index contributed by atoms with van der Waals surface area (Å²) in [5.41, 5.74) is 2.57. The van der Waals surface area contributed by atoms with Gasteiger partial charge in [-0.1, -0.05) is 24.3 Å². The van der Waals surface area contributed by atoms with Gasteiger partial charge in [-0.15, -0.1) is 0 Å². The molecule has 0 saturated carbocycles. The van der Waals surface area contributed by atoms with Crippen molar-refractivity contribution in [2.75, 3.05) is 46.4 Å². The summed E-state index contributed by atoms with van der Waals surface area (Å²) in [6, 6.07) is 9.04. The Morgan fingerprint density at radius 2 is 2.16 bits per heavy atom. The second kappa shape index (κ2) is 9.78. The fourth-order valence-electron chi connectivity index (χ4n) is 2.98. The molecule has 1 aromatic rings. The van der Waals surface area contributed by atoms with Crippen molar-refractivity contribution in [1.82, 2.24) is 15.1 Å². The highest BCUT2D eigenvalue weighted by Gasteiger charge is 2.25. The summed E-state index contributed by atoms with van der Waals surface area (Å²) in [5.74, 6) is 1.00. The van der Waals surface area contributed by atoms with Crippen LogP contribution < -0.4 is 5.32 Å². The molecule has 0 aromatic heterocycles. The normalized spacial score (nSPS) is 18.9. The van der Waals surface area contributed by atoms with Crippen LogP contribution in [0.15, 0.2) is 29.3 Å². The van der Waals surface area contributed by atoms with Crippen molar-refractivity contribution in [1.29, 1.82) is 0 Å². The molecule has 1 saturated heterocycles. The van der Waals surface area contributed by atoms with E-state index in [1.165, 1.54) is 11.1 Å². The molecule has 140 valence electrons. The Morgan fingerprint density at radius 1 is 1.40 bits per heavy atom. The lowest BCUT2D eigenvalue weighted by Crippen LogP contribution is -2.48. The molecule has 25 heavy (non-hydrogen) atoms. The number of hydrogen-bond donors (Lipinski definition) is 1. The minimum atomic E-state index is 0.108. The summed E-state index contributed by atoms with van der Waals surface area (Å²) in [4.78, 5) is 9.50. The zero-order chi connectivity index (χ0) is 18.2. The molecule has 1 unspecified atom stereocenters. The number of likely N-dealkylation sites (N-methyl/N-ethyl adjacent to an activating group) is 1. The van der Waals surface area contributed by atoms with Crippen LogP contribution in [0, 0.1) is 6.92 Å². The zero-order valence-electron chi connectivity index (χ0n) is 16.5. The molecule has 0 radical (unpaired) electrons. The minimum Gasteiger partial charge on any atom is -0.370 e. The van der Waals surface area contributed by atoms with E-state index in [2.05, 4.69) is 74.1 Å². The predicted molar refractivity (Wildman–Crippen MR) is 105 cm³/mol. The standard InChI is InChI=1S/C20H34N4O/c1-6-21-20(22-11-12-23(5)16(2)3)24-13-14-25-19(15-24)18-10-8-7-9-17(18)4/h7-10,16,19H,6,11-15H2,1-5H3,(H,21,22). The first-order chi connectivity index (χ1) is 12.0. The maximum atomic E-state index is 6.04. The van der Waals surface area contributed by atoms with Crippen molar-refractivity contribution in [2.45, 2.75) is 39.8 Å². The summed E-state index contributed by atoms with van der Waals surface area (Å²) in [7, 11) is 2.15. The lowest BCUT2D eigenvalue weighted by Gasteiger charge is -2.36. The van der Waals surface area contributed by atoms with Crippen LogP contribution in [0.5, 0.6) is 0 Å². The first-order valence-corrected chi connectivity index (χ1v) is 9.43. The number of aliphatic imine (C=N–C) groups is 1. The van der Waals surface area contributed by atoms with Crippen LogP contribution in [0.25, 0.3) is 0 Å². The Kier molecular flexibility index (Phi) is 7.72. The Morgan fingerprint density at radius 3 is 2.84 bits per heavy atom. The van der Waals surface area contributed by atoms with Gasteiger partial charge in [0, 0.05) is 25.7 Å².